The Morgan fingerprint density at radius 1 is 0.840 bits per heavy atom. The van der Waals surface area contributed by atoms with E-state index in [1.807, 2.05) is 0 Å². The third-order valence-corrected chi connectivity index (χ3v) is 5.13. The monoisotopic (exact) mass is 352 g/mol. The van der Waals surface area contributed by atoms with Crippen molar-refractivity contribution in [1.29, 1.82) is 0 Å². The van der Waals surface area contributed by atoms with Crippen LogP contribution in [0.15, 0.2) is 11.1 Å². The van der Waals surface area contributed by atoms with E-state index in [0.29, 0.717) is 6.42 Å². The van der Waals surface area contributed by atoms with Gasteiger partial charge in [0, 0.05) is 6.42 Å². The molecule has 4 nitrogen and oxygen atoms in total. The molecule has 1 aliphatic rings. The van der Waals surface area contributed by atoms with Crippen LogP contribution in [0.3, 0.4) is 0 Å². The molecule has 1 unspecified atom stereocenters. The van der Waals surface area contributed by atoms with E-state index in [9.17, 15) is 14.7 Å². The highest BCUT2D eigenvalue weighted by atomic mass is 16.5. The number of hydrogen-bond acceptors (Lipinski definition) is 3. The Bertz CT molecular complexity index is 439. The van der Waals surface area contributed by atoms with Crippen LogP contribution in [0.5, 0.6) is 0 Å². The lowest BCUT2D eigenvalue weighted by atomic mass is 10.1. The highest BCUT2D eigenvalue weighted by molar-refractivity contribution is 5.84. The molecule has 0 fully saturated rings. The van der Waals surface area contributed by atoms with Crippen molar-refractivity contribution < 1.29 is 19.4 Å². The summed E-state index contributed by atoms with van der Waals surface area (Å²) in [6.07, 6.45) is 15.2. The molecule has 0 spiro atoms. The van der Waals surface area contributed by atoms with Crippen LogP contribution in [0.4, 0.5) is 0 Å². The van der Waals surface area contributed by atoms with Gasteiger partial charge in [-0.3, -0.25) is 9.59 Å². The molecule has 0 aromatic carbocycles. The number of carboxylic acids is 1. The number of ether oxygens (including phenoxy) is 1. The summed E-state index contributed by atoms with van der Waals surface area (Å²) in [5.41, 5.74) is 2.42. The summed E-state index contributed by atoms with van der Waals surface area (Å²) >= 11 is 0. The highest BCUT2D eigenvalue weighted by Crippen LogP contribution is 2.45. The minimum atomic E-state index is -0.658. The quantitative estimate of drug-likeness (QED) is 0.221. The van der Waals surface area contributed by atoms with Gasteiger partial charge >= 0.3 is 11.9 Å². The first kappa shape index (κ1) is 21.7. The number of unbranched alkanes of at least 4 members (excludes halogenated alkanes) is 9. The molecule has 4 heteroatoms. The van der Waals surface area contributed by atoms with Crippen LogP contribution in [0.1, 0.15) is 96.8 Å². The van der Waals surface area contributed by atoms with Gasteiger partial charge in [0.1, 0.15) is 0 Å². The first-order valence-electron chi connectivity index (χ1n) is 10.1. The summed E-state index contributed by atoms with van der Waals surface area (Å²) in [5, 5.41) is 9.33. The van der Waals surface area contributed by atoms with Crippen molar-refractivity contribution in [2.45, 2.75) is 96.8 Å². The molecule has 0 radical (unpaired) electrons. The Kier molecular flexibility index (Phi) is 11.3. The third-order valence-electron chi connectivity index (χ3n) is 5.13. The molecule has 1 rings (SSSR count). The van der Waals surface area contributed by atoms with Crippen molar-refractivity contribution in [2.75, 3.05) is 7.11 Å². The fourth-order valence-corrected chi connectivity index (χ4v) is 3.54. The maximum Gasteiger partial charge on any atom is 0.314 e. The van der Waals surface area contributed by atoms with E-state index in [0.717, 1.165) is 51.4 Å². The Morgan fingerprint density at radius 3 is 1.80 bits per heavy atom. The summed E-state index contributed by atoms with van der Waals surface area (Å²) in [6.45, 7) is 2.22. The molecule has 25 heavy (non-hydrogen) atoms. The Morgan fingerprint density at radius 2 is 1.32 bits per heavy atom. The molecule has 0 aromatic rings. The van der Waals surface area contributed by atoms with Crippen LogP contribution >= 0.6 is 0 Å². The van der Waals surface area contributed by atoms with Gasteiger partial charge in [0.15, 0.2) is 0 Å². The van der Waals surface area contributed by atoms with Gasteiger partial charge in [0.05, 0.1) is 13.0 Å². The topological polar surface area (TPSA) is 63.6 Å². The largest absolute Gasteiger partial charge is 0.481 e. The summed E-state index contributed by atoms with van der Waals surface area (Å²) in [5.74, 6) is -1.03. The van der Waals surface area contributed by atoms with Crippen molar-refractivity contribution in [3.8, 4) is 0 Å². The SMILES string of the molecule is CCCCCCCCC1=C(CCCCCCCC(=O)OC)C1C(=O)O. The predicted octanol–water partition coefficient (Wildman–Crippen LogP) is 5.65. The van der Waals surface area contributed by atoms with Gasteiger partial charge in [0.2, 0.25) is 0 Å². The zero-order valence-electron chi connectivity index (χ0n) is 16.1. The Labute approximate surface area is 153 Å². The van der Waals surface area contributed by atoms with E-state index in [2.05, 4.69) is 11.7 Å². The molecular weight excluding hydrogens is 316 g/mol. The Balaban J connectivity index is 2.11. The Hall–Kier alpha value is -1.32. The molecule has 0 bridgehead atoms. The van der Waals surface area contributed by atoms with E-state index < -0.39 is 5.97 Å². The fourth-order valence-electron chi connectivity index (χ4n) is 3.54. The number of aliphatic carboxylic acids is 1. The van der Waals surface area contributed by atoms with Crippen LogP contribution in [0, 0.1) is 5.92 Å². The lowest BCUT2D eigenvalue weighted by Gasteiger charge is -2.00. The predicted molar refractivity (Wildman–Crippen MR) is 100 cm³/mol. The van der Waals surface area contributed by atoms with E-state index in [1.54, 1.807) is 0 Å². The normalized spacial score (nSPS) is 16.2. The molecule has 144 valence electrons. The van der Waals surface area contributed by atoms with Crippen LogP contribution in [-0.4, -0.2) is 24.2 Å². The molecule has 1 atom stereocenters. The number of esters is 1. The highest BCUT2D eigenvalue weighted by Gasteiger charge is 2.40. The van der Waals surface area contributed by atoms with Crippen LogP contribution < -0.4 is 0 Å². The summed E-state index contributed by atoms with van der Waals surface area (Å²) in [7, 11) is 1.42. The zero-order chi connectivity index (χ0) is 18.5. The van der Waals surface area contributed by atoms with Crippen molar-refractivity contribution >= 4 is 11.9 Å². The van der Waals surface area contributed by atoms with Gasteiger partial charge in [-0.05, 0) is 32.1 Å². The molecule has 0 heterocycles. The average molecular weight is 353 g/mol. The van der Waals surface area contributed by atoms with Crippen LogP contribution in [0.25, 0.3) is 0 Å². The number of carbonyl (C=O) groups is 2. The minimum absolute atomic E-state index is 0.133. The number of methoxy groups -OCH3 is 1. The van der Waals surface area contributed by atoms with Crippen LogP contribution in [0.2, 0.25) is 0 Å². The lowest BCUT2D eigenvalue weighted by molar-refractivity contribution is -0.141. The van der Waals surface area contributed by atoms with E-state index in [4.69, 9.17) is 0 Å². The van der Waals surface area contributed by atoms with E-state index >= 15 is 0 Å². The van der Waals surface area contributed by atoms with Gasteiger partial charge in [-0.15, -0.1) is 0 Å². The number of rotatable bonds is 16. The van der Waals surface area contributed by atoms with Gasteiger partial charge in [-0.25, -0.2) is 0 Å². The van der Waals surface area contributed by atoms with Gasteiger partial charge < -0.3 is 9.84 Å². The first-order valence-corrected chi connectivity index (χ1v) is 10.1. The summed E-state index contributed by atoms with van der Waals surface area (Å²) < 4.78 is 4.62. The van der Waals surface area contributed by atoms with Gasteiger partial charge in [-0.2, -0.15) is 0 Å². The fraction of sp³-hybridized carbons (Fsp3) is 0.810. The zero-order valence-corrected chi connectivity index (χ0v) is 16.1. The van der Waals surface area contributed by atoms with E-state index in [1.165, 1.54) is 50.4 Å². The summed E-state index contributed by atoms with van der Waals surface area (Å²) in [6, 6.07) is 0. The van der Waals surface area contributed by atoms with Crippen molar-refractivity contribution in [3.63, 3.8) is 0 Å². The molecule has 1 N–H and O–H groups in total. The number of carbonyl (C=O) groups excluding carboxylic acids is 1. The molecule has 0 saturated carbocycles. The number of carboxylic acid groups (broad SMARTS) is 1. The second-order valence-electron chi connectivity index (χ2n) is 7.18. The van der Waals surface area contributed by atoms with Crippen molar-refractivity contribution in [3.05, 3.63) is 11.1 Å². The minimum Gasteiger partial charge on any atom is -0.481 e. The molecule has 1 aliphatic carbocycles. The maximum atomic E-state index is 11.3. The molecule has 0 amide bonds. The lowest BCUT2D eigenvalue weighted by Crippen LogP contribution is -2.02. The van der Waals surface area contributed by atoms with Gasteiger partial charge in [-0.1, -0.05) is 69.4 Å². The molecule has 0 aliphatic heterocycles. The second-order valence-corrected chi connectivity index (χ2v) is 7.18. The number of hydrogen-bond donors (Lipinski definition) is 1. The molecular formula is C21H36O4. The summed E-state index contributed by atoms with van der Waals surface area (Å²) in [4.78, 5) is 22.3. The maximum absolute atomic E-state index is 11.3. The van der Waals surface area contributed by atoms with Crippen molar-refractivity contribution in [2.24, 2.45) is 5.92 Å². The molecule has 0 saturated heterocycles. The van der Waals surface area contributed by atoms with Crippen molar-refractivity contribution in [1.82, 2.24) is 0 Å². The third kappa shape index (κ3) is 9.08. The smallest absolute Gasteiger partial charge is 0.314 e. The standard InChI is InChI=1S/C21H36O4/c1-3-4-5-6-8-11-14-17-18(20(17)21(23)24)15-12-9-7-10-13-16-19(22)25-2/h20H,3-16H2,1-2H3,(H,23,24). The average Bonchev–Trinajstić information content (AvgIpc) is 3.30. The first-order chi connectivity index (χ1) is 12.1. The second kappa shape index (κ2) is 13.0. The van der Waals surface area contributed by atoms with Crippen LogP contribution in [-0.2, 0) is 14.3 Å². The van der Waals surface area contributed by atoms with E-state index in [-0.39, 0.29) is 11.9 Å². The van der Waals surface area contributed by atoms with Gasteiger partial charge in [0.25, 0.3) is 0 Å². The molecule has 0 aromatic heterocycles.